The minimum Gasteiger partial charge on any atom is -0.457 e. The first kappa shape index (κ1) is 62.9. The van der Waals surface area contributed by atoms with Gasteiger partial charge in [-0.25, -0.2) is 0 Å². The fourth-order valence-electron chi connectivity index (χ4n) is 9.20. The third-order valence-electron chi connectivity index (χ3n) is 13.7. The van der Waals surface area contributed by atoms with Crippen LogP contribution in [-0.2, 0) is 23.7 Å². The van der Waals surface area contributed by atoms with Crippen LogP contribution in [0.2, 0.25) is 0 Å². The van der Waals surface area contributed by atoms with E-state index in [4.69, 9.17) is 18.9 Å². The molecule has 66 heavy (non-hydrogen) atoms. The third kappa shape index (κ3) is 38.7. The second kappa shape index (κ2) is 48.9. The standard InChI is InChI=1S/C57H110O9/c1-3-5-7-9-11-13-15-17-19-21-23-24-25-26-27-28-29-30-32-34-36-38-40-42-44-46-53(59)65-51(50-64-57-56(62)55(61)54(60)52(48-58)66-57)49-63-47-45-43-41-39-37-35-33-31-22-20-18-16-14-12-10-8-6-4-2/h18,20,51-52,54-58,60-62H,3-17,19,21-50H2,1-2H3/b20-18-. The number of carbonyl (C=O) groups is 1. The van der Waals surface area contributed by atoms with Crippen LogP contribution in [0.25, 0.3) is 0 Å². The molecule has 0 aromatic rings. The van der Waals surface area contributed by atoms with Gasteiger partial charge in [0.05, 0.1) is 19.8 Å². The quantitative estimate of drug-likeness (QED) is 0.0267. The molecule has 392 valence electrons. The van der Waals surface area contributed by atoms with E-state index in [2.05, 4.69) is 26.0 Å². The summed E-state index contributed by atoms with van der Waals surface area (Å²) in [5.74, 6) is -0.306. The molecule has 9 heteroatoms. The molecule has 0 aromatic heterocycles. The summed E-state index contributed by atoms with van der Waals surface area (Å²) in [7, 11) is 0. The van der Waals surface area contributed by atoms with Crippen molar-refractivity contribution < 1.29 is 44.2 Å². The van der Waals surface area contributed by atoms with Crippen molar-refractivity contribution in [1.29, 1.82) is 0 Å². The molecule has 1 rings (SSSR count). The van der Waals surface area contributed by atoms with Crippen molar-refractivity contribution >= 4 is 5.97 Å². The molecule has 1 aliphatic rings. The van der Waals surface area contributed by atoms with Gasteiger partial charge in [-0.1, -0.05) is 251 Å². The smallest absolute Gasteiger partial charge is 0.306 e. The van der Waals surface area contributed by atoms with Gasteiger partial charge in [0.2, 0.25) is 0 Å². The molecule has 0 amide bonds. The van der Waals surface area contributed by atoms with Crippen molar-refractivity contribution in [3.8, 4) is 0 Å². The van der Waals surface area contributed by atoms with E-state index in [1.807, 2.05) is 0 Å². The molecule has 0 radical (unpaired) electrons. The van der Waals surface area contributed by atoms with E-state index < -0.39 is 43.4 Å². The molecule has 1 fully saturated rings. The van der Waals surface area contributed by atoms with Crippen LogP contribution in [-0.4, -0.2) is 89.6 Å². The summed E-state index contributed by atoms with van der Waals surface area (Å²) in [6.07, 6.45) is 51.2. The molecule has 1 aliphatic heterocycles. The van der Waals surface area contributed by atoms with E-state index in [1.54, 1.807) is 0 Å². The largest absolute Gasteiger partial charge is 0.457 e. The summed E-state index contributed by atoms with van der Waals surface area (Å²) in [5.41, 5.74) is 0. The maximum atomic E-state index is 12.9. The Bertz CT molecular complexity index is 1020. The lowest BCUT2D eigenvalue weighted by atomic mass is 9.99. The Morgan fingerprint density at radius 3 is 1.23 bits per heavy atom. The maximum absolute atomic E-state index is 12.9. The predicted molar refractivity (Wildman–Crippen MR) is 275 cm³/mol. The van der Waals surface area contributed by atoms with Crippen molar-refractivity contribution in [1.82, 2.24) is 0 Å². The van der Waals surface area contributed by atoms with E-state index in [9.17, 15) is 25.2 Å². The lowest BCUT2D eigenvalue weighted by molar-refractivity contribution is -0.305. The molecule has 9 nitrogen and oxygen atoms in total. The Hall–Kier alpha value is -1.07. The number of ether oxygens (including phenoxy) is 4. The molecule has 4 N–H and O–H groups in total. The Morgan fingerprint density at radius 1 is 0.470 bits per heavy atom. The normalized spacial score (nSPS) is 19.3. The molecule has 1 heterocycles. The highest BCUT2D eigenvalue weighted by molar-refractivity contribution is 5.69. The zero-order valence-corrected chi connectivity index (χ0v) is 43.5. The monoisotopic (exact) mass is 939 g/mol. The molecule has 6 atom stereocenters. The molecular formula is C57H110O9. The Kier molecular flexibility index (Phi) is 46.7. The lowest BCUT2D eigenvalue weighted by Gasteiger charge is -2.39. The van der Waals surface area contributed by atoms with E-state index >= 15 is 0 Å². The highest BCUT2D eigenvalue weighted by Crippen LogP contribution is 2.23. The van der Waals surface area contributed by atoms with Crippen LogP contribution in [0.3, 0.4) is 0 Å². The number of unbranched alkanes of at least 4 members (excludes halogenated alkanes) is 38. The zero-order chi connectivity index (χ0) is 47.8. The van der Waals surface area contributed by atoms with E-state index in [-0.39, 0.29) is 19.2 Å². The molecule has 0 bridgehead atoms. The van der Waals surface area contributed by atoms with Crippen molar-refractivity contribution in [3.63, 3.8) is 0 Å². The minimum atomic E-state index is -1.53. The molecule has 0 spiro atoms. The number of aliphatic hydroxyl groups is 4. The van der Waals surface area contributed by atoms with Crippen molar-refractivity contribution in [3.05, 3.63) is 12.2 Å². The van der Waals surface area contributed by atoms with Gasteiger partial charge in [-0.2, -0.15) is 0 Å². The van der Waals surface area contributed by atoms with E-state index in [0.717, 1.165) is 32.1 Å². The number of hydrogen-bond donors (Lipinski definition) is 4. The van der Waals surface area contributed by atoms with Gasteiger partial charge in [0.25, 0.3) is 0 Å². The van der Waals surface area contributed by atoms with Gasteiger partial charge in [0.15, 0.2) is 6.29 Å². The van der Waals surface area contributed by atoms with Crippen LogP contribution in [0.4, 0.5) is 0 Å². The first-order valence-corrected chi connectivity index (χ1v) is 28.8. The average molecular weight is 939 g/mol. The number of rotatable bonds is 51. The highest BCUT2D eigenvalue weighted by atomic mass is 16.7. The van der Waals surface area contributed by atoms with Crippen LogP contribution >= 0.6 is 0 Å². The molecule has 1 saturated heterocycles. The number of aliphatic hydroxyl groups excluding tert-OH is 4. The minimum absolute atomic E-state index is 0.108. The van der Waals surface area contributed by atoms with Crippen LogP contribution < -0.4 is 0 Å². The van der Waals surface area contributed by atoms with E-state index in [0.29, 0.717) is 13.0 Å². The number of esters is 1. The predicted octanol–water partition coefficient (Wildman–Crippen LogP) is 14.7. The van der Waals surface area contributed by atoms with Gasteiger partial charge in [-0.15, -0.1) is 0 Å². The van der Waals surface area contributed by atoms with Gasteiger partial charge in [-0.3, -0.25) is 4.79 Å². The Morgan fingerprint density at radius 2 is 0.833 bits per heavy atom. The number of allylic oxidation sites excluding steroid dienone is 2. The molecule has 6 unspecified atom stereocenters. The highest BCUT2D eigenvalue weighted by Gasteiger charge is 2.44. The maximum Gasteiger partial charge on any atom is 0.306 e. The van der Waals surface area contributed by atoms with Crippen molar-refractivity contribution in [2.75, 3.05) is 26.4 Å². The zero-order valence-electron chi connectivity index (χ0n) is 43.5. The fourth-order valence-corrected chi connectivity index (χ4v) is 9.20. The van der Waals surface area contributed by atoms with Crippen LogP contribution in [0.5, 0.6) is 0 Å². The van der Waals surface area contributed by atoms with Crippen molar-refractivity contribution in [2.24, 2.45) is 0 Å². The molecular weight excluding hydrogens is 829 g/mol. The second-order valence-corrected chi connectivity index (χ2v) is 20.1. The summed E-state index contributed by atoms with van der Waals surface area (Å²) in [6.45, 7) is 4.62. The summed E-state index contributed by atoms with van der Waals surface area (Å²) < 4.78 is 23.0. The summed E-state index contributed by atoms with van der Waals surface area (Å²) >= 11 is 0. The lowest BCUT2D eigenvalue weighted by Crippen LogP contribution is -2.59. The fraction of sp³-hybridized carbons (Fsp3) is 0.947. The van der Waals surface area contributed by atoms with Gasteiger partial charge in [0, 0.05) is 13.0 Å². The topological polar surface area (TPSA) is 135 Å². The SMILES string of the molecule is CCCCCCCC/C=C\CCCCCCCCCCOCC(COC1OC(CO)C(O)C(O)C1O)OC(=O)CCCCCCCCCCCCCCCCCCCCCCCCCCC. The van der Waals surface area contributed by atoms with Gasteiger partial charge in [-0.05, 0) is 38.5 Å². The summed E-state index contributed by atoms with van der Waals surface area (Å²) in [5, 5.41) is 40.3. The van der Waals surface area contributed by atoms with Crippen LogP contribution in [0, 0.1) is 0 Å². The molecule has 0 aromatic carbocycles. The number of carbonyl (C=O) groups excluding carboxylic acids is 1. The van der Waals surface area contributed by atoms with E-state index in [1.165, 1.54) is 231 Å². The second-order valence-electron chi connectivity index (χ2n) is 20.1. The number of hydrogen-bond acceptors (Lipinski definition) is 9. The van der Waals surface area contributed by atoms with Crippen LogP contribution in [0.1, 0.15) is 284 Å². The Labute approximate surface area is 407 Å². The Balaban J connectivity index is 2.13. The van der Waals surface area contributed by atoms with Crippen molar-refractivity contribution in [2.45, 2.75) is 320 Å². The van der Waals surface area contributed by atoms with Gasteiger partial charge in [0.1, 0.15) is 30.5 Å². The molecule has 0 aliphatic carbocycles. The van der Waals surface area contributed by atoms with Gasteiger partial charge >= 0.3 is 5.97 Å². The first-order chi connectivity index (χ1) is 32.4. The van der Waals surface area contributed by atoms with Gasteiger partial charge < -0.3 is 39.4 Å². The third-order valence-corrected chi connectivity index (χ3v) is 13.7. The average Bonchev–Trinajstić information content (AvgIpc) is 3.32. The molecule has 0 saturated carbocycles. The summed E-state index contributed by atoms with van der Waals surface area (Å²) in [4.78, 5) is 12.9. The summed E-state index contributed by atoms with van der Waals surface area (Å²) in [6, 6.07) is 0. The first-order valence-electron chi connectivity index (χ1n) is 28.8. The van der Waals surface area contributed by atoms with Crippen LogP contribution in [0.15, 0.2) is 12.2 Å².